The lowest BCUT2D eigenvalue weighted by atomic mass is 10.2. The lowest BCUT2D eigenvalue weighted by Crippen LogP contribution is -2.28. The summed E-state index contributed by atoms with van der Waals surface area (Å²) in [5, 5.41) is 15.9. The molecule has 0 aliphatic carbocycles. The highest BCUT2D eigenvalue weighted by Gasteiger charge is 2.20. The molecule has 33 heavy (non-hydrogen) atoms. The number of aromatic nitrogens is 3. The summed E-state index contributed by atoms with van der Waals surface area (Å²) in [5.41, 5.74) is 0.989. The minimum atomic E-state index is -0.424. The number of rotatable bonds is 8. The Hall–Kier alpha value is -1.78. The Morgan fingerprint density at radius 2 is 1.85 bits per heavy atom. The summed E-state index contributed by atoms with van der Waals surface area (Å²) in [6, 6.07) is 9.43. The van der Waals surface area contributed by atoms with E-state index in [9.17, 15) is 9.59 Å². The zero-order chi connectivity index (χ0) is 24.1. The van der Waals surface area contributed by atoms with E-state index in [1.54, 1.807) is 30.3 Å². The molecule has 1 aromatic heterocycles. The van der Waals surface area contributed by atoms with Gasteiger partial charge < -0.3 is 15.2 Å². The second-order valence-electron chi connectivity index (χ2n) is 6.87. The van der Waals surface area contributed by atoms with Crippen LogP contribution in [0.5, 0.6) is 0 Å². The number of amides is 2. The zero-order valence-electron chi connectivity index (χ0n) is 17.5. The first kappa shape index (κ1) is 25.8. The second kappa shape index (κ2) is 11.6. The number of carbonyl (C=O) groups excluding carboxylic acids is 2. The number of carbonyl (C=O) groups is 2. The topological polar surface area (TPSA) is 88.9 Å². The molecular formula is C21H19BrCl3N5O2S. The van der Waals surface area contributed by atoms with Crippen molar-refractivity contribution in [2.75, 3.05) is 11.1 Å². The summed E-state index contributed by atoms with van der Waals surface area (Å²) in [7, 11) is 0. The maximum absolute atomic E-state index is 12.6. The number of hydrogen-bond donors (Lipinski definition) is 2. The minimum Gasteiger partial charge on any atom is -0.342 e. The first-order chi connectivity index (χ1) is 15.7. The lowest BCUT2D eigenvalue weighted by Gasteiger charge is -2.15. The fourth-order valence-corrected chi connectivity index (χ4v) is 4.44. The summed E-state index contributed by atoms with van der Waals surface area (Å²) in [4.78, 5) is 24.9. The van der Waals surface area contributed by atoms with E-state index < -0.39 is 6.04 Å². The molecule has 0 aliphatic rings. The fraction of sp³-hybridized carbons (Fsp3) is 0.238. The Kier molecular flexibility index (Phi) is 9.06. The molecule has 174 valence electrons. The van der Waals surface area contributed by atoms with Gasteiger partial charge in [0.15, 0.2) is 11.0 Å². The average Bonchev–Trinajstić information content (AvgIpc) is 3.19. The Bertz CT molecular complexity index is 1190. The van der Waals surface area contributed by atoms with Crippen LogP contribution in [0.25, 0.3) is 0 Å². The number of benzene rings is 2. The third-order valence-electron chi connectivity index (χ3n) is 4.51. The van der Waals surface area contributed by atoms with E-state index in [0.717, 1.165) is 4.47 Å². The van der Waals surface area contributed by atoms with Gasteiger partial charge in [0.1, 0.15) is 0 Å². The first-order valence-corrected chi connectivity index (χ1v) is 12.7. The summed E-state index contributed by atoms with van der Waals surface area (Å²) in [6.45, 7) is 4.32. The molecule has 0 bridgehead atoms. The summed E-state index contributed by atoms with van der Waals surface area (Å²) >= 11 is 22.6. The Labute approximate surface area is 218 Å². The van der Waals surface area contributed by atoms with Crippen molar-refractivity contribution in [2.24, 2.45) is 0 Å². The van der Waals surface area contributed by atoms with Crippen LogP contribution in [0.3, 0.4) is 0 Å². The third kappa shape index (κ3) is 6.64. The molecule has 0 spiro atoms. The van der Waals surface area contributed by atoms with Crippen LogP contribution in [0.4, 0.5) is 5.69 Å². The molecule has 0 radical (unpaired) electrons. The van der Waals surface area contributed by atoms with Gasteiger partial charge in [-0.2, -0.15) is 0 Å². The number of nitrogens with zero attached hydrogens (tertiary/aromatic N) is 3. The van der Waals surface area contributed by atoms with Gasteiger partial charge in [0.2, 0.25) is 5.91 Å². The second-order valence-corrected chi connectivity index (χ2v) is 9.89. The van der Waals surface area contributed by atoms with Crippen LogP contribution in [-0.2, 0) is 11.3 Å². The molecule has 3 rings (SSSR count). The van der Waals surface area contributed by atoms with Gasteiger partial charge in [0, 0.05) is 22.3 Å². The standard InChI is InChI=1S/C21H19BrCl3N5O2S/c1-3-30-19(11(2)26-20(32)12-4-7-15(23)17(25)8-12)28-29-21(30)33-10-18(31)27-13-5-6-14(22)16(24)9-13/h4-9,11H,3,10H2,1-2H3,(H,26,32)(H,27,31)/t11-/m0/s1. The normalized spacial score (nSPS) is 11.8. The maximum atomic E-state index is 12.6. The number of anilines is 1. The maximum Gasteiger partial charge on any atom is 0.251 e. The first-order valence-electron chi connectivity index (χ1n) is 9.76. The highest BCUT2D eigenvalue weighted by atomic mass is 79.9. The molecule has 1 heterocycles. The van der Waals surface area contributed by atoms with E-state index >= 15 is 0 Å². The number of hydrogen-bond acceptors (Lipinski definition) is 5. The van der Waals surface area contributed by atoms with Crippen LogP contribution in [0.1, 0.15) is 36.1 Å². The zero-order valence-corrected chi connectivity index (χ0v) is 22.2. The molecule has 2 N–H and O–H groups in total. The van der Waals surface area contributed by atoms with E-state index in [-0.39, 0.29) is 17.6 Å². The monoisotopic (exact) mass is 589 g/mol. The van der Waals surface area contributed by atoms with Crippen molar-refractivity contribution in [3.63, 3.8) is 0 Å². The Balaban J connectivity index is 1.63. The third-order valence-corrected chi connectivity index (χ3v) is 7.45. The van der Waals surface area contributed by atoms with Gasteiger partial charge in [0.25, 0.3) is 5.91 Å². The summed E-state index contributed by atoms with van der Waals surface area (Å²) in [5.74, 6) is 0.198. The molecule has 3 aromatic rings. The van der Waals surface area contributed by atoms with E-state index in [1.807, 2.05) is 18.4 Å². The fourth-order valence-electron chi connectivity index (χ4n) is 2.91. The number of nitrogens with one attached hydrogen (secondary N) is 2. The summed E-state index contributed by atoms with van der Waals surface area (Å²) in [6.07, 6.45) is 0. The SMILES string of the molecule is CCn1c(SCC(=O)Nc2ccc(Br)c(Cl)c2)nnc1[C@H](C)NC(=O)c1ccc(Cl)c(Cl)c1. The molecular weight excluding hydrogens is 573 g/mol. The average molecular weight is 592 g/mol. The van der Waals surface area contributed by atoms with Crippen molar-refractivity contribution in [2.45, 2.75) is 31.6 Å². The van der Waals surface area contributed by atoms with Gasteiger partial charge in [-0.25, -0.2) is 0 Å². The highest BCUT2D eigenvalue weighted by Crippen LogP contribution is 2.26. The highest BCUT2D eigenvalue weighted by molar-refractivity contribution is 9.10. The van der Waals surface area contributed by atoms with Crippen molar-refractivity contribution >= 4 is 80.0 Å². The minimum absolute atomic E-state index is 0.135. The molecule has 0 unspecified atom stereocenters. The van der Waals surface area contributed by atoms with Crippen molar-refractivity contribution < 1.29 is 9.59 Å². The van der Waals surface area contributed by atoms with Crippen LogP contribution in [0, 0.1) is 0 Å². The van der Waals surface area contributed by atoms with Crippen LogP contribution in [0.15, 0.2) is 46.0 Å². The van der Waals surface area contributed by atoms with Crippen molar-refractivity contribution in [3.05, 3.63) is 67.3 Å². The lowest BCUT2D eigenvalue weighted by molar-refractivity contribution is -0.113. The van der Waals surface area contributed by atoms with E-state index in [0.29, 0.717) is 43.8 Å². The molecule has 0 fully saturated rings. The van der Waals surface area contributed by atoms with Gasteiger partial charge in [-0.05, 0) is 66.2 Å². The molecule has 2 aromatic carbocycles. The Morgan fingerprint density at radius 1 is 1.09 bits per heavy atom. The molecule has 0 saturated heterocycles. The predicted molar refractivity (Wildman–Crippen MR) is 137 cm³/mol. The number of thioether (sulfide) groups is 1. The molecule has 1 atom stereocenters. The van der Waals surface area contributed by atoms with Crippen molar-refractivity contribution in [3.8, 4) is 0 Å². The van der Waals surface area contributed by atoms with Gasteiger partial charge in [0.05, 0.1) is 26.9 Å². The van der Waals surface area contributed by atoms with Gasteiger partial charge in [-0.3, -0.25) is 9.59 Å². The molecule has 0 saturated carbocycles. The quantitative estimate of drug-likeness (QED) is 0.303. The predicted octanol–water partition coefficient (Wildman–Crippen LogP) is 6.24. The van der Waals surface area contributed by atoms with Crippen LogP contribution in [-0.4, -0.2) is 32.3 Å². The molecule has 12 heteroatoms. The Morgan fingerprint density at radius 3 is 2.52 bits per heavy atom. The van der Waals surface area contributed by atoms with E-state index in [4.69, 9.17) is 34.8 Å². The molecule has 0 aliphatic heterocycles. The van der Waals surface area contributed by atoms with E-state index in [1.165, 1.54) is 17.8 Å². The van der Waals surface area contributed by atoms with Crippen molar-refractivity contribution in [1.82, 2.24) is 20.1 Å². The molecule has 2 amide bonds. The smallest absolute Gasteiger partial charge is 0.251 e. The van der Waals surface area contributed by atoms with Gasteiger partial charge >= 0.3 is 0 Å². The van der Waals surface area contributed by atoms with E-state index in [2.05, 4.69) is 36.8 Å². The van der Waals surface area contributed by atoms with Gasteiger partial charge in [-0.15, -0.1) is 10.2 Å². The summed E-state index contributed by atoms with van der Waals surface area (Å²) < 4.78 is 2.61. The molecule has 7 nitrogen and oxygen atoms in total. The van der Waals surface area contributed by atoms with Gasteiger partial charge in [-0.1, -0.05) is 46.6 Å². The van der Waals surface area contributed by atoms with Crippen LogP contribution < -0.4 is 10.6 Å². The van der Waals surface area contributed by atoms with Crippen LogP contribution in [0.2, 0.25) is 15.1 Å². The largest absolute Gasteiger partial charge is 0.342 e. The number of halogens is 4. The van der Waals surface area contributed by atoms with Crippen molar-refractivity contribution in [1.29, 1.82) is 0 Å². The van der Waals surface area contributed by atoms with Crippen LogP contribution >= 0.6 is 62.5 Å².